The Morgan fingerprint density at radius 1 is 0.470 bits per heavy atom. The largest absolute Gasteiger partial charge is 0.462 e. The predicted octanol–water partition coefficient (Wildman–Crippen LogP) is 7.61. The number of pyridine rings is 5. The molecule has 5 aromatic heterocycles. The van der Waals surface area contributed by atoms with Crippen LogP contribution in [0.2, 0.25) is 0 Å². The maximum absolute atomic E-state index is 11.4. The number of carbonyl (C=O) groups is 4. The molecule has 5 heterocycles. The fourth-order valence-electron chi connectivity index (χ4n) is 4.83. The number of nitrogens with zero attached hydrogens (tertiary/aromatic N) is 5. The smallest absolute Gasteiger partial charge is 0.356 e. The number of carbonyl (C=O) groups excluding carboxylic acids is 4. The molecule has 0 radical (unpaired) electrons. The van der Waals surface area contributed by atoms with Crippen molar-refractivity contribution < 1.29 is 61.8 Å². The summed E-state index contributed by atoms with van der Waals surface area (Å²) in [6.45, 7) is 10.7. The third-order valence-corrected chi connectivity index (χ3v) is 8.00. The molecule has 0 aliphatic rings. The van der Waals surface area contributed by atoms with E-state index in [0.29, 0.717) is 87.5 Å². The quantitative estimate of drug-likeness (QED) is 0.0469. The van der Waals surface area contributed by atoms with Crippen LogP contribution in [0.4, 0.5) is 0 Å². The number of aromatic nitrogens is 5. The summed E-state index contributed by atoms with van der Waals surface area (Å²) in [5.74, 6) is -1.42. The highest BCUT2D eigenvalue weighted by atomic mass is 79.9. The van der Waals surface area contributed by atoms with Crippen LogP contribution in [0.3, 0.4) is 0 Å². The number of methoxy groups -OCH3 is 5. The van der Waals surface area contributed by atoms with Crippen LogP contribution < -0.4 is 0 Å². The lowest BCUT2D eigenvalue weighted by molar-refractivity contribution is 0.0510. The van der Waals surface area contributed by atoms with Gasteiger partial charge in [-0.3, -0.25) is 15.0 Å². The number of esters is 4. The first-order chi connectivity index (χ1) is 31.9. The standard InChI is InChI=1S/4C10H13NO3.C7H8BrNO/c1-3-14-10(12)8-4-5-11-9(6-8)7-13-2;1-3-14-10(12)8-4-5-9(7-13-2)11-6-8;1-3-14-10(12)8-5-4-6-11-9(8)7-13-2;1-3-14-10(12)9-6-4-5-8(11-9)7-13-2;1-10-5-6-3-2-4-7(8)9-6/h4*4-6H,3,7H2,1-2H3;2-4H,5H2,1H3. The molecule has 0 saturated heterocycles. The van der Waals surface area contributed by atoms with Crippen LogP contribution in [0.15, 0.2) is 96.0 Å². The minimum atomic E-state index is -0.398. The van der Waals surface area contributed by atoms with E-state index in [1.807, 2.05) is 18.2 Å². The molecule has 0 aromatic carbocycles. The maximum Gasteiger partial charge on any atom is 0.356 e. The second kappa shape index (κ2) is 36.2. The van der Waals surface area contributed by atoms with Gasteiger partial charge in [0.25, 0.3) is 0 Å². The summed E-state index contributed by atoms with van der Waals surface area (Å²) in [5, 5.41) is 0. The Morgan fingerprint density at radius 2 is 1.00 bits per heavy atom. The summed E-state index contributed by atoms with van der Waals surface area (Å²) in [4.78, 5) is 65.6. The van der Waals surface area contributed by atoms with Crippen molar-refractivity contribution in [2.75, 3.05) is 62.0 Å². The van der Waals surface area contributed by atoms with E-state index in [1.165, 1.54) is 6.20 Å². The second-order valence-electron chi connectivity index (χ2n) is 12.6. The molecule has 0 saturated carbocycles. The average Bonchev–Trinajstić information content (AvgIpc) is 3.31. The molecule has 5 rings (SSSR count). The molecule has 0 fully saturated rings. The molecular weight excluding hydrogens is 922 g/mol. The zero-order valence-electron chi connectivity index (χ0n) is 38.9. The Hall–Kier alpha value is -6.09. The highest BCUT2D eigenvalue weighted by molar-refractivity contribution is 9.10. The van der Waals surface area contributed by atoms with Crippen LogP contribution >= 0.6 is 15.9 Å². The van der Waals surface area contributed by atoms with Crippen LogP contribution in [-0.4, -0.2) is 111 Å². The van der Waals surface area contributed by atoms with E-state index in [4.69, 9.17) is 42.6 Å². The molecule has 0 aliphatic carbocycles. The van der Waals surface area contributed by atoms with E-state index < -0.39 is 5.97 Å². The van der Waals surface area contributed by atoms with Crippen molar-refractivity contribution in [3.63, 3.8) is 0 Å². The van der Waals surface area contributed by atoms with Gasteiger partial charge in [0.1, 0.15) is 10.3 Å². The van der Waals surface area contributed by atoms with Crippen molar-refractivity contribution in [2.24, 2.45) is 0 Å². The van der Waals surface area contributed by atoms with Gasteiger partial charge in [0.15, 0.2) is 0 Å². The van der Waals surface area contributed by atoms with Crippen LogP contribution in [0.5, 0.6) is 0 Å². The molecule has 19 heteroatoms. The first kappa shape index (κ1) is 57.9. The minimum absolute atomic E-state index is 0.314. The average molecular weight is 983 g/mol. The van der Waals surface area contributed by atoms with Gasteiger partial charge in [0.2, 0.25) is 0 Å². The monoisotopic (exact) mass is 981 g/mol. The Balaban J connectivity index is 0.000000414. The van der Waals surface area contributed by atoms with Gasteiger partial charge in [-0.05, 0) is 104 Å². The summed E-state index contributed by atoms with van der Waals surface area (Å²) in [5.41, 5.74) is 5.54. The summed E-state index contributed by atoms with van der Waals surface area (Å²) >= 11 is 3.27. The first-order valence-electron chi connectivity index (χ1n) is 20.5. The van der Waals surface area contributed by atoms with E-state index >= 15 is 0 Å². The minimum Gasteiger partial charge on any atom is -0.462 e. The third kappa shape index (κ3) is 24.3. The Kier molecular flexibility index (Phi) is 31.7. The number of rotatable bonds is 18. The van der Waals surface area contributed by atoms with E-state index in [2.05, 4.69) is 40.8 Å². The van der Waals surface area contributed by atoms with E-state index in [1.54, 1.807) is 130 Å². The topological polar surface area (TPSA) is 216 Å². The van der Waals surface area contributed by atoms with Crippen molar-refractivity contribution in [1.82, 2.24) is 24.9 Å². The molecule has 0 unspecified atom stereocenters. The molecule has 358 valence electrons. The van der Waals surface area contributed by atoms with Crippen LogP contribution in [0.25, 0.3) is 0 Å². The van der Waals surface area contributed by atoms with Gasteiger partial charge in [-0.25, -0.2) is 29.1 Å². The Morgan fingerprint density at radius 3 is 1.56 bits per heavy atom. The summed E-state index contributed by atoms with van der Waals surface area (Å²) in [7, 11) is 7.98. The molecule has 0 amide bonds. The fourth-order valence-corrected chi connectivity index (χ4v) is 5.21. The van der Waals surface area contributed by atoms with Crippen molar-refractivity contribution in [1.29, 1.82) is 0 Å². The number of halogens is 1. The van der Waals surface area contributed by atoms with Gasteiger partial charge >= 0.3 is 23.9 Å². The molecule has 0 N–H and O–H groups in total. The lowest BCUT2D eigenvalue weighted by Gasteiger charge is -2.06. The Labute approximate surface area is 394 Å². The van der Waals surface area contributed by atoms with Crippen molar-refractivity contribution >= 4 is 39.8 Å². The van der Waals surface area contributed by atoms with Crippen molar-refractivity contribution in [3.05, 3.63) is 147 Å². The van der Waals surface area contributed by atoms with Gasteiger partial charge in [-0.15, -0.1) is 0 Å². The van der Waals surface area contributed by atoms with Crippen LogP contribution in [0.1, 0.15) is 97.7 Å². The molecule has 18 nitrogen and oxygen atoms in total. The van der Waals surface area contributed by atoms with Crippen LogP contribution in [0, 0.1) is 0 Å². The molecule has 5 aromatic rings. The molecule has 66 heavy (non-hydrogen) atoms. The van der Waals surface area contributed by atoms with Crippen molar-refractivity contribution in [3.8, 4) is 0 Å². The van der Waals surface area contributed by atoms with Gasteiger partial charge in [-0.2, -0.15) is 0 Å². The van der Waals surface area contributed by atoms with Gasteiger partial charge in [0.05, 0.1) is 105 Å². The third-order valence-electron chi connectivity index (χ3n) is 7.56. The highest BCUT2D eigenvalue weighted by Crippen LogP contribution is 2.10. The number of hydrogen-bond donors (Lipinski definition) is 0. The molecule has 0 bridgehead atoms. The second-order valence-corrected chi connectivity index (χ2v) is 13.4. The molecule has 0 aliphatic heterocycles. The highest BCUT2D eigenvalue weighted by Gasteiger charge is 2.13. The zero-order chi connectivity index (χ0) is 49.0. The SMILES string of the molecule is CCOC(=O)c1ccc(COC)nc1.CCOC(=O)c1cccc(COC)n1.CCOC(=O)c1cccnc1COC.CCOC(=O)c1ccnc(COC)c1.COCc1cccc(Br)n1. The molecule has 0 atom stereocenters. The molecular formula is C47H60BrN5O13. The molecule has 0 spiro atoms. The number of hydrogen-bond acceptors (Lipinski definition) is 18. The van der Waals surface area contributed by atoms with Gasteiger partial charge in [-0.1, -0.05) is 12.1 Å². The van der Waals surface area contributed by atoms with Crippen molar-refractivity contribution in [2.45, 2.75) is 60.7 Å². The number of ether oxygens (including phenoxy) is 9. The maximum atomic E-state index is 11.4. The van der Waals surface area contributed by atoms with Gasteiger partial charge in [0, 0.05) is 54.1 Å². The zero-order valence-corrected chi connectivity index (χ0v) is 40.5. The fraction of sp³-hybridized carbons (Fsp3) is 0.383. The van der Waals surface area contributed by atoms with Crippen LogP contribution in [-0.2, 0) is 75.7 Å². The first-order valence-corrected chi connectivity index (χ1v) is 21.3. The van der Waals surface area contributed by atoms with E-state index in [0.717, 1.165) is 27.4 Å². The lowest BCUT2D eigenvalue weighted by Crippen LogP contribution is -2.09. The van der Waals surface area contributed by atoms with Gasteiger partial charge < -0.3 is 42.6 Å². The lowest BCUT2D eigenvalue weighted by atomic mass is 10.2. The summed E-state index contributed by atoms with van der Waals surface area (Å²) < 4.78 is 44.8. The normalized spacial score (nSPS) is 9.85. The summed E-state index contributed by atoms with van der Waals surface area (Å²) in [6, 6.07) is 21.0. The van der Waals surface area contributed by atoms with E-state index in [-0.39, 0.29) is 17.9 Å². The Bertz CT molecular complexity index is 2080. The predicted molar refractivity (Wildman–Crippen MR) is 246 cm³/mol. The van der Waals surface area contributed by atoms with E-state index in [9.17, 15) is 19.2 Å². The summed E-state index contributed by atoms with van der Waals surface area (Å²) in [6.07, 6.45) is 4.68.